The van der Waals surface area contributed by atoms with Crippen molar-refractivity contribution < 1.29 is 23.3 Å². The van der Waals surface area contributed by atoms with Crippen LogP contribution in [0.3, 0.4) is 0 Å². The standard InChI is InChI=1S/C17H19FN2O4/c1-21-14-6-10(7-15(22-2)16(14)23-3)9-24-13-5-4-11(17(19)20)8-12(13)18/h4-8H,9H2,1-3H3,(H3,19,20). The van der Waals surface area contributed by atoms with Crippen LogP contribution in [0.5, 0.6) is 23.0 Å². The molecule has 0 saturated carbocycles. The second-order valence-corrected chi connectivity index (χ2v) is 4.88. The van der Waals surface area contributed by atoms with Gasteiger partial charge in [0, 0.05) is 5.56 Å². The fraction of sp³-hybridized carbons (Fsp3) is 0.235. The van der Waals surface area contributed by atoms with Crippen molar-refractivity contribution in [3.05, 3.63) is 47.3 Å². The minimum Gasteiger partial charge on any atom is -0.493 e. The molecule has 2 aromatic carbocycles. The summed E-state index contributed by atoms with van der Waals surface area (Å²) >= 11 is 0. The average molecular weight is 334 g/mol. The number of nitrogens with two attached hydrogens (primary N) is 1. The molecule has 0 aliphatic carbocycles. The van der Waals surface area contributed by atoms with Gasteiger partial charge < -0.3 is 24.7 Å². The summed E-state index contributed by atoms with van der Waals surface area (Å²) in [6.45, 7) is 0.104. The highest BCUT2D eigenvalue weighted by Crippen LogP contribution is 2.38. The van der Waals surface area contributed by atoms with Gasteiger partial charge in [0.05, 0.1) is 21.3 Å². The van der Waals surface area contributed by atoms with Crippen LogP contribution in [-0.2, 0) is 6.61 Å². The molecule has 0 fully saturated rings. The fourth-order valence-corrected chi connectivity index (χ4v) is 2.17. The molecule has 128 valence electrons. The van der Waals surface area contributed by atoms with Gasteiger partial charge in [-0.05, 0) is 35.9 Å². The third-order valence-electron chi connectivity index (χ3n) is 3.36. The van der Waals surface area contributed by atoms with Crippen molar-refractivity contribution >= 4 is 5.84 Å². The Balaban J connectivity index is 2.21. The predicted molar refractivity (Wildman–Crippen MR) is 87.8 cm³/mol. The Kier molecular flexibility index (Phi) is 5.47. The summed E-state index contributed by atoms with van der Waals surface area (Å²) in [6.07, 6.45) is 0. The average Bonchev–Trinajstić information content (AvgIpc) is 2.59. The number of ether oxygens (including phenoxy) is 4. The molecule has 0 saturated heterocycles. The smallest absolute Gasteiger partial charge is 0.203 e. The summed E-state index contributed by atoms with van der Waals surface area (Å²) in [5.74, 6) is 0.723. The molecule has 7 heteroatoms. The van der Waals surface area contributed by atoms with Gasteiger partial charge in [-0.3, -0.25) is 5.41 Å². The van der Waals surface area contributed by atoms with Gasteiger partial charge in [0.25, 0.3) is 0 Å². The first-order valence-electron chi connectivity index (χ1n) is 7.05. The lowest BCUT2D eigenvalue weighted by atomic mass is 10.2. The molecule has 0 radical (unpaired) electrons. The Labute approximate surface area is 139 Å². The highest BCUT2D eigenvalue weighted by molar-refractivity contribution is 5.95. The summed E-state index contributed by atoms with van der Waals surface area (Å²) in [6, 6.07) is 7.57. The van der Waals surface area contributed by atoms with Crippen LogP contribution in [0.15, 0.2) is 30.3 Å². The third-order valence-corrected chi connectivity index (χ3v) is 3.36. The van der Waals surface area contributed by atoms with E-state index in [2.05, 4.69) is 0 Å². The molecular formula is C17H19FN2O4. The quantitative estimate of drug-likeness (QED) is 0.600. The number of nitrogen functional groups attached to an aromatic ring is 1. The number of hydrogen-bond acceptors (Lipinski definition) is 5. The van der Waals surface area contributed by atoms with Gasteiger partial charge in [-0.1, -0.05) is 0 Å². The van der Waals surface area contributed by atoms with Crippen molar-refractivity contribution in [3.63, 3.8) is 0 Å². The summed E-state index contributed by atoms with van der Waals surface area (Å²) < 4.78 is 35.2. The summed E-state index contributed by atoms with van der Waals surface area (Å²) in [5, 5.41) is 7.30. The molecule has 24 heavy (non-hydrogen) atoms. The summed E-state index contributed by atoms with van der Waals surface area (Å²) in [5.41, 5.74) is 6.35. The van der Waals surface area contributed by atoms with E-state index in [1.807, 2.05) is 0 Å². The minimum absolute atomic E-state index is 0.0637. The van der Waals surface area contributed by atoms with Crippen LogP contribution >= 0.6 is 0 Å². The molecule has 0 bridgehead atoms. The van der Waals surface area contributed by atoms with Crippen LogP contribution in [0, 0.1) is 11.2 Å². The molecule has 0 atom stereocenters. The van der Waals surface area contributed by atoms with Gasteiger partial charge in [-0.2, -0.15) is 0 Å². The van der Waals surface area contributed by atoms with Crippen molar-refractivity contribution in [3.8, 4) is 23.0 Å². The largest absolute Gasteiger partial charge is 0.493 e. The second kappa shape index (κ2) is 7.54. The van der Waals surface area contributed by atoms with Crippen molar-refractivity contribution in [2.75, 3.05) is 21.3 Å². The molecule has 6 nitrogen and oxygen atoms in total. The molecule has 2 aromatic rings. The highest BCUT2D eigenvalue weighted by atomic mass is 19.1. The Morgan fingerprint density at radius 2 is 1.62 bits per heavy atom. The molecule has 0 heterocycles. The Bertz CT molecular complexity index is 724. The van der Waals surface area contributed by atoms with Gasteiger partial charge in [0.2, 0.25) is 5.75 Å². The SMILES string of the molecule is COc1cc(COc2ccc(C(=N)N)cc2F)cc(OC)c1OC. The zero-order valence-corrected chi connectivity index (χ0v) is 13.7. The van der Waals surface area contributed by atoms with Crippen LogP contribution in [-0.4, -0.2) is 27.2 Å². The van der Waals surface area contributed by atoms with E-state index in [9.17, 15) is 4.39 Å². The zero-order valence-electron chi connectivity index (χ0n) is 13.7. The molecule has 0 aliphatic heterocycles. The highest BCUT2D eigenvalue weighted by Gasteiger charge is 2.14. The van der Waals surface area contributed by atoms with Crippen LogP contribution in [0.4, 0.5) is 4.39 Å². The predicted octanol–water partition coefficient (Wildman–Crippen LogP) is 2.71. The van der Waals surface area contributed by atoms with E-state index in [1.54, 1.807) is 12.1 Å². The normalized spacial score (nSPS) is 10.2. The molecule has 0 aromatic heterocycles. The maximum atomic E-state index is 14.0. The fourth-order valence-electron chi connectivity index (χ4n) is 2.17. The molecule has 0 amide bonds. The van der Waals surface area contributed by atoms with Crippen molar-refractivity contribution in [1.29, 1.82) is 5.41 Å². The molecule has 0 unspecified atom stereocenters. The first kappa shape index (κ1) is 17.4. The van der Waals surface area contributed by atoms with Gasteiger partial charge in [0.15, 0.2) is 23.1 Å². The van der Waals surface area contributed by atoms with E-state index in [0.717, 1.165) is 11.6 Å². The number of amidine groups is 1. The lowest BCUT2D eigenvalue weighted by Gasteiger charge is -2.15. The molecule has 3 N–H and O–H groups in total. The summed E-state index contributed by atoms with van der Waals surface area (Å²) in [7, 11) is 4.55. The topological polar surface area (TPSA) is 86.8 Å². The second-order valence-electron chi connectivity index (χ2n) is 4.88. The van der Waals surface area contributed by atoms with Crippen LogP contribution in [0.25, 0.3) is 0 Å². The Hall–Kier alpha value is -2.96. The van der Waals surface area contributed by atoms with Crippen molar-refractivity contribution in [1.82, 2.24) is 0 Å². The Morgan fingerprint density at radius 3 is 2.08 bits per heavy atom. The number of rotatable bonds is 7. The number of nitrogens with one attached hydrogen (secondary N) is 1. The van der Waals surface area contributed by atoms with Gasteiger partial charge in [-0.25, -0.2) is 4.39 Å². The van der Waals surface area contributed by atoms with Crippen LogP contribution < -0.4 is 24.7 Å². The molecular weight excluding hydrogens is 315 g/mol. The van der Waals surface area contributed by atoms with Crippen molar-refractivity contribution in [2.24, 2.45) is 5.73 Å². The summed E-state index contributed by atoms with van der Waals surface area (Å²) in [4.78, 5) is 0. The monoisotopic (exact) mass is 334 g/mol. The minimum atomic E-state index is -0.588. The first-order chi connectivity index (χ1) is 11.5. The molecule has 2 rings (SSSR count). The van der Waals surface area contributed by atoms with E-state index >= 15 is 0 Å². The van der Waals surface area contributed by atoms with Crippen molar-refractivity contribution in [2.45, 2.75) is 6.61 Å². The van der Waals surface area contributed by atoms with Gasteiger partial charge in [-0.15, -0.1) is 0 Å². The number of halogens is 1. The number of hydrogen-bond donors (Lipinski definition) is 2. The maximum Gasteiger partial charge on any atom is 0.203 e. The molecule has 0 aliphatic rings. The van der Waals surface area contributed by atoms with E-state index < -0.39 is 5.82 Å². The first-order valence-corrected chi connectivity index (χ1v) is 7.05. The van der Waals surface area contributed by atoms with Gasteiger partial charge >= 0.3 is 0 Å². The zero-order chi connectivity index (χ0) is 17.7. The van der Waals surface area contributed by atoms with Crippen LogP contribution in [0.1, 0.15) is 11.1 Å². The lowest BCUT2D eigenvalue weighted by molar-refractivity contribution is 0.285. The number of methoxy groups -OCH3 is 3. The molecule has 0 spiro atoms. The lowest BCUT2D eigenvalue weighted by Crippen LogP contribution is -2.11. The maximum absolute atomic E-state index is 14.0. The van der Waals surface area contributed by atoms with E-state index in [0.29, 0.717) is 22.8 Å². The van der Waals surface area contributed by atoms with E-state index in [4.69, 9.17) is 30.1 Å². The Morgan fingerprint density at radius 1 is 1.00 bits per heavy atom. The number of benzene rings is 2. The van der Waals surface area contributed by atoms with Gasteiger partial charge in [0.1, 0.15) is 12.4 Å². The van der Waals surface area contributed by atoms with E-state index in [1.165, 1.54) is 33.5 Å². The third kappa shape index (κ3) is 3.68. The van der Waals surface area contributed by atoms with E-state index in [-0.39, 0.29) is 18.2 Å². The van der Waals surface area contributed by atoms with Crippen LogP contribution in [0.2, 0.25) is 0 Å².